The Bertz CT molecular complexity index is 359. The molecule has 0 spiro atoms. The van der Waals surface area contributed by atoms with Gasteiger partial charge in [-0.05, 0) is 18.6 Å². The zero-order valence-electron chi connectivity index (χ0n) is 8.66. The standard InChI is InChI=1S/C11H15NO3/c1-7-4-8(11(14)5-10(7)13)9-6-15-3-2-12-9/h4-5,9,12-14H,2-3,6H2,1H3. The van der Waals surface area contributed by atoms with Gasteiger partial charge in [0.2, 0.25) is 0 Å². The highest BCUT2D eigenvalue weighted by Gasteiger charge is 2.19. The van der Waals surface area contributed by atoms with Crippen molar-refractivity contribution < 1.29 is 14.9 Å². The number of ether oxygens (including phenoxy) is 1. The van der Waals surface area contributed by atoms with E-state index in [0.29, 0.717) is 13.2 Å². The Morgan fingerprint density at radius 2 is 2.13 bits per heavy atom. The first kappa shape index (κ1) is 10.3. The molecule has 1 atom stereocenters. The SMILES string of the molecule is Cc1cc(C2COCCN2)c(O)cc1O. The number of aromatic hydroxyl groups is 2. The molecule has 4 heteroatoms. The second-order valence-electron chi connectivity index (χ2n) is 3.78. The summed E-state index contributed by atoms with van der Waals surface area (Å²) in [6.07, 6.45) is 0. The second kappa shape index (κ2) is 4.08. The average molecular weight is 209 g/mol. The molecule has 1 aliphatic rings. The molecule has 82 valence electrons. The highest BCUT2D eigenvalue weighted by molar-refractivity contribution is 5.46. The van der Waals surface area contributed by atoms with Gasteiger partial charge in [-0.25, -0.2) is 0 Å². The number of aryl methyl sites for hydroxylation is 1. The minimum Gasteiger partial charge on any atom is -0.508 e. The number of benzene rings is 1. The van der Waals surface area contributed by atoms with Crippen molar-refractivity contribution in [3.8, 4) is 11.5 Å². The van der Waals surface area contributed by atoms with Crippen LogP contribution < -0.4 is 5.32 Å². The summed E-state index contributed by atoms with van der Waals surface area (Å²) >= 11 is 0. The highest BCUT2D eigenvalue weighted by atomic mass is 16.5. The molecule has 1 aliphatic heterocycles. The maximum atomic E-state index is 9.71. The fourth-order valence-electron chi connectivity index (χ4n) is 1.75. The van der Waals surface area contributed by atoms with Crippen LogP contribution in [0.3, 0.4) is 0 Å². The van der Waals surface area contributed by atoms with Crippen LogP contribution in [0.5, 0.6) is 11.5 Å². The van der Waals surface area contributed by atoms with E-state index in [9.17, 15) is 10.2 Å². The monoisotopic (exact) mass is 209 g/mol. The number of nitrogens with one attached hydrogen (secondary N) is 1. The summed E-state index contributed by atoms with van der Waals surface area (Å²) in [7, 11) is 0. The first-order valence-corrected chi connectivity index (χ1v) is 5.02. The first-order valence-electron chi connectivity index (χ1n) is 5.02. The summed E-state index contributed by atoms with van der Waals surface area (Å²) < 4.78 is 5.33. The zero-order valence-corrected chi connectivity index (χ0v) is 8.66. The van der Waals surface area contributed by atoms with Crippen molar-refractivity contribution in [2.24, 2.45) is 0 Å². The predicted molar refractivity (Wildman–Crippen MR) is 56.1 cm³/mol. The Balaban J connectivity index is 2.30. The molecule has 0 radical (unpaired) electrons. The number of morpholine rings is 1. The van der Waals surface area contributed by atoms with Crippen molar-refractivity contribution in [3.05, 3.63) is 23.3 Å². The van der Waals surface area contributed by atoms with Gasteiger partial charge in [-0.15, -0.1) is 0 Å². The van der Waals surface area contributed by atoms with Gasteiger partial charge >= 0.3 is 0 Å². The normalized spacial score (nSPS) is 21.5. The highest BCUT2D eigenvalue weighted by Crippen LogP contribution is 2.31. The van der Waals surface area contributed by atoms with Crippen LogP contribution in [0.25, 0.3) is 0 Å². The maximum Gasteiger partial charge on any atom is 0.124 e. The summed E-state index contributed by atoms with van der Waals surface area (Å²) in [6.45, 7) is 3.85. The molecule has 1 saturated heterocycles. The summed E-state index contributed by atoms with van der Waals surface area (Å²) in [5, 5.41) is 22.4. The Hall–Kier alpha value is -1.26. The molecule has 2 rings (SSSR count). The number of rotatable bonds is 1. The van der Waals surface area contributed by atoms with E-state index >= 15 is 0 Å². The van der Waals surface area contributed by atoms with Gasteiger partial charge in [0, 0.05) is 18.2 Å². The third-order valence-corrected chi connectivity index (χ3v) is 2.64. The van der Waals surface area contributed by atoms with E-state index < -0.39 is 0 Å². The number of phenolic OH excluding ortho intramolecular Hbond substituents is 2. The lowest BCUT2D eigenvalue weighted by Crippen LogP contribution is -2.34. The maximum absolute atomic E-state index is 9.71. The fraction of sp³-hybridized carbons (Fsp3) is 0.455. The van der Waals surface area contributed by atoms with Crippen LogP contribution in [-0.2, 0) is 4.74 Å². The molecular formula is C11H15NO3. The summed E-state index contributed by atoms with van der Waals surface area (Å²) in [5.41, 5.74) is 1.54. The van der Waals surface area contributed by atoms with Crippen molar-refractivity contribution in [1.82, 2.24) is 5.32 Å². The van der Waals surface area contributed by atoms with Gasteiger partial charge in [0.25, 0.3) is 0 Å². The molecule has 0 amide bonds. The lowest BCUT2D eigenvalue weighted by Gasteiger charge is -2.25. The lowest BCUT2D eigenvalue weighted by molar-refractivity contribution is 0.0760. The smallest absolute Gasteiger partial charge is 0.124 e. The average Bonchev–Trinajstić information content (AvgIpc) is 2.25. The molecule has 1 heterocycles. The van der Waals surface area contributed by atoms with Gasteiger partial charge in [-0.3, -0.25) is 0 Å². The molecule has 0 aromatic heterocycles. The molecule has 4 nitrogen and oxygen atoms in total. The van der Waals surface area contributed by atoms with Crippen LogP contribution in [0.2, 0.25) is 0 Å². The van der Waals surface area contributed by atoms with Crippen LogP contribution >= 0.6 is 0 Å². The molecule has 0 saturated carbocycles. The molecule has 1 unspecified atom stereocenters. The lowest BCUT2D eigenvalue weighted by atomic mass is 10.0. The largest absolute Gasteiger partial charge is 0.508 e. The minimum atomic E-state index is 0.0121. The van der Waals surface area contributed by atoms with Crippen LogP contribution in [0, 0.1) is 6.92 Å². The quantitative estimate of drug-likeness (QED) is 0.647. The van der Waals surface area contributed by atoms with Crippen molar-refractivity contribution in [3.63, 3.8) is 0 Å². The van der Waals surface area contributed by atoms with Crippen LogP contribution in [0.1, 0.15) is 17.2 Å². The van der Waals surface area contributed by atoms with Crippen molar-refractivity contribution in [1.29, 1.82) is 0 Å². The summed E-state index contributed by atoms with van der Waals surface area (Å²) in [5.74, 6) is 0.231. The number of hydrogen-bond acceptors (Lipinski definition) is 4. The van der Waals surface area contributed by atoms with Crippen molar-refractivity contribution in [2.75, 3.05) is 19.8 Å². The van der Waals surface area contributed by atoms with Gasteiger partial charge in [0.1, 0.15) is 11.5 Å². The summed E-state index contributed by atoms with van der Waals surface area (Å²) in [6, 6.07) is 3.18. The van der Waals surface area contributed by atoms with Gasteiger partial charge in [-0.2, -0.15) is 0 Å². The third-order valence-electron chi connectivity index (χ3n) is 2.64. The number of phenols is 2. The van der Waals surface area contributed by atoms with Crippen LogP contribution in [-0.4, -0.2) is 30.0 Å². The Labute approximate surface area is 88.5 Å². The molecule has 0 bridgehead atoms. The van der Waals surface area contributed by atoms with E-state index in [1.807, 2.05) is 6.92 Å². The van der Waals surface area contributed by atoms with Crippen molar-refractivity contribution >= 4 is 0 Å². The van der Waals surface area contributed by atoms with Gasteiger partial charge in [0.15, 0.2) is 0 Å². The predicted octanol–water partition coefficient (Wildman–Crippen LogP) is 1.07. The van der Waals surface area contributed by atoms with E-state index in [0.717, 1.165) is 17.7 Å². The zero-order chi connectivity index (χ0) is 10.8. The van der Waals surface area contributed by atoms with Gasteiger partial charge < -0.3 is 20.3 Å². The van der Waals surface area contributed by atoms with E-state index in [4.69, 9.17) is 4.74 Å². The summed E-state index contributed by atoms with van der Waals surface area (Å²) in [4.78, 5) is 0. The Morgan fingerprint density at radius 1 is 1.33 bits per heavy atom. The van der Waals surface area contributed by atoms with E-state index in [2.05, 4.69) is 5.32 Å². The molecule has 1 fully saturated rings. The van der Waals surface area contributed by atoms with E-state index in [1.54, 1.807) is 6.07 Å². The molecular weight excluding hydrogens is 194 g/mol. The topological polar surface area (TPSA) is 61.7 Å². The molecule has 1 aromatic carbocycles. The third kappa shape index (κ3) is 2.06. The van der Waals surface area contributed by atoms with Gasteiger partial charge in [-0.1, -0.05) is 0 Å². The fourth-order valence-corrected chi connectivity index (χ4v) is 1.75. The van der Waals surface area contributed by atoms with E-state index in [-0.39, 0.29) is 17.5 Å². The van der Waals surface area contributed by atoms with Gasteiger partial charge in [0.05, 0.1) is 19.3 Å². The molecule has 3 N–H and O–H groups in total. The minimum absolute atomic E-state index is 0.0121. The number of hydrogen-bond donors (Lipinski definition) is 3. The second-order valence-corrected chi connectivity index (χ2v) is 3.78. The van der Waals surface area contributed by atoms with Crippen LogP contribution in [0.15, 0.2) is 12.1 Å². The molecule has 0 aliphatic carbocycles. The van der Waals surface area contributed by atoms with Crippen molar-refractivity contribution in [2.45, 2.75) is 13.0 Å². The first-order chi connectivity index (χ1) is 7.18. The van der Waals surface area contributed by atoms with E-state index in [1.165, 1.54) is 6.07 Å². The molecule has 1 aromatic rings. The van der Waals surface area contributed by atoms with Crippen LogP contribution in [0.4, 0.5) is 0 Å². The molecule has 15 heavy (non-hydrogen) atoms. The Kier molecular flexibility index (Phi) is 2.79. The Morgan fingerprint density at radius 3 is 2.80 bits per heavy atom.